The number of aryl methyl sites for hydroxylation is 3. The van der Waals surface area contributed by atoms with Crippen LogP contribution in [-0.2, 0) is 30.1 Å². The van der Waals surface area contributed by atoms with E-state index in [9.17, 15) is 51.1 Å². The summed E-state index contributed by atoms with van der Waals surface area (Å²) in [5.41, 5.74) is 24.9. The molecule has 9 aromatic heterocycles. The van der Waals surface area contributed by atoms with Gasteiger partial charge < -0.3 is 107 Å². The highest BCUT2D eigenvalue weighted by Gasteiger charge is 2.50. The molecule has 9 aromatic rings. The Balaban J connectivity index is 0.000000165. The van der Waals surface area contributed by atoms with Gasteiger partial charge in [0.05, 0.1) is 56.8 Å². The number of aliphatic hydroxyl groups is 10. The van der Waals surface area contributed by atoms with E-state index in [0.29, 0.717) is 141 Å². The van der Waals surface area contributed by atoms with E-state index >= 15 is 0 Å². The van der Waals surface area contributed by atoms with Crippen LogP contribution in [0.4, 0.5) is 40.6 Å². The number of fused-ring (bicyclic) bond motifs is 5. The third kappa shape index (κ3) is 27.7. The molecule has 0 bridgehead atoms. The number of ether oxygens (including phenoxy) is 6. The molecule has 5 fully saturated rings. The molecular weight excluding hydrogens is 1870 g/mol. The molecule has 0 saturated carbocycles. The number of anilines is 5. The van der Waals surface area contributed by atoms with Gasteiger partial charge in [-0.2, -0.15) is 9.56 Å². The standard InChI is InChI=1S/C21H33N5O4P.C21H34N5O3PS.C18H30N5O3P.2C15H24N5O3P/c1-7-13(2)8-10-22-18-15-19(25-21(24-18)29-3)26(12-23-15)20-17(28)16(27)14(30-20)9-11-31(4,5)6;1-7-13(2)8-10-22-18-15-19(25-21(24-18)31-6)26(12-23-15)20-17(28)16(27)14(29-20)9-11-30(3,4)5;1-5-6-7-12-21-16(19)13-17(22-12)23(10-20-13)18-15(25)14(24)11(26-18)8-9-27(2,3)4;2*1-8-18-13(16)10-14(19-8)20(7-17-10)15-12(22)11(21)9(23-15)5-6-24(2,3)4/h8,12,14,16-17,27-28H,4,7,9-11H2,1-3,5-6H3,(H,22,24,25);8,12,14,16-17,20,27-28H,3,7,9-11H2,1-2,4-6H3,(H,22,24,25);10-11,14-15,18,24-25H,2,5-9H2,1,3-4H3,(H2,19,21,22);2*7,9,11-12,15,21-22H,2,5-6H2,1,3-4H3,(H2,16,18,19)/q+1;;;;/b13-8-,26-20?;13-8-;;;/t14-,16-,17-;14-,16-,17-,20?;11-,14-,15-,18?;2*9-,11-,12-,15?/m11111/s1. The number of rotatable bonds is 32. The number of thioether (sulfide) groups is 1. The van der Waals surface area contributed by atoms with E-state index in [4.69, 9.17) is 45.6 Å². The highest BCUT2D eigenvalue weighted by atomic mass is 32.2. The van der Waals surface area contributed by atoms with Crippen molar-refractivity contribution in [1.82, 2.24) is 88.0 Å². The molecule has 41 nitrogen and oxygen atoms in total. The topological polar surface area (TPSA) is 575 Å². The molecule has 15 heterocycles. The monoisotopic (exact) mass is 2020 g/mol. The van der Waals surface area contributed by atoms with Gasteiger partial charge in [-0.15, -0.1) is 65.9 Å². The first-order valence-electron chi connectivity index (χ1n) is 46.0. The highest BCUT2D eigenvalue weighted by molar-refractivity contribution is 7.98. The lowest BCUT2D eigenvalue weighted by atomic mass is 10.1. The maximum atomic E-state index is 10.7. The Hall–Kier alpha value is -8.01. The number of hydrogen-bond donors (Lipinski definition) is 15. The van der Waals surface area contributed by atoms with Crippen molar-refractivity contribution in [2.24, 2.45) is 4.99 Å². The van der Waals surface area contributed by atoms with E-state index in [1.807, 2.05) is 6.26 Å². The minimum Gasteiger partial charge on any atom is -0.463 e. The predicted molar refractivity (Wildman–Crippen MR) is 559 cm³/mol. The molecule has 6 aliphatic heterocycles. The smallest absolute Gasteiger partial charge is 0.397 e. The van der Waals surface area contributed by atoms with Gasteiger partial charge in [0.2, 0.25) is 6.34 Å². The van der Waals surface area contributed by atoms with Crippen molar-refractivity contribution in [1.29, 1.82) is 0 Å². The third-order valence-corrected chi connectivity index (χ3v) is 32.0. The van der Waals surface area contributed by atoms with E-state index in [1.165, 1.54) is 49.0 Å². The summed E-state index contributed by atoms with van der Waals surface area (Å²) < 4.78 is 43.3. The van der Waals surface area contributed by atoms with Crippen molar-refractivity contribution in [3.05, 3.63) is 66.1 Å². The Bertz CT molecular complexity index is 5950. The third-order valence-electron chi connectivity index (χ3n) is 24.1. The first-order chi connectivity index (χ1) is 64.3. The largest absolute Gasteiger partial charge is 0.463 e. The fourth-order valence-corrected chi connectivity index (χ4v) is 21.0. The Kier molecular flexibility index (Phi) is 37.0. The van der Waals surface area contributed by atoms with Crippen LogP contribution in [0.3, 0.4) is 0 Å². The number of allylic oxidation sites excluding steroid dienone is 2. The number of nitrogens with one attached hydrogen (secondary N) is 2. The van der Waals surface area contributed by atoms with Crippen molar-refractivity contribution in [2.75, 3.05) is 152 Å². The van der Waals surface area contributed by atoms with Crippen molar-refractivity contribution in [3.63, 3.8) is 0 Å². The first-order valence-corrected chi connectivity index (χ1v) is 62.5. The van der Waals surface area contributed by atoms with Gasteiger partial charge in [-0.3, -0.25) is 18.3 Å². The van der Waals surface area contributed by atoms with Crippen LogP contribution in [-0.4, -0.2) is 403 Å². The molecule has 5 saturated heterocycles. The lowest BCUT2D eigenvalue weighted by Gasteiger charge is -2.18. The van der Waals surface area contributed by atoms with Crippen molar-refractivity contribution >= 4 is 175 Å². The van der Waals surface area contributed by atoms with Gasteiger partial charge in [0.1, 0.15) is 95.1 Å². The molecule has 4 unspecified atom stereocenters. The van der Waals surface area contributed by atoms with Crippen LogP contribution >= 0.6 is 46.2 Å². The molecule has 137 heavy (non-hydrogen) atoms. The molecule has 47 heteroatoms. The lowest BCUT2D eigenvalue weighted by molar-refractivity contribution is -0.313. The van der Waals surface area contributed by atoms with E-state index < -0.39 is 151 Å². The van der Waals surface area contributed by atoms with Crippen LogP contribution in [0.5, 0.6) is 6.01 Å². The number of aliphatic imine (C=N–C) groups is 1. The van der Waals surface area contributed by atoms with Gasteiger partial charge >= 0.3 is 11.8 Å². The van der Waals surface area contributed by atoms with Crippen LogP contribution in [0.15, 0.2) is 58.8 Å². The Labute approximate surface area is 805 Å². The zero-order valence-electron chi connectivity index (χ0n) is 82.3. The zero-order valence-corrected chi connectivity index (χ0v) is 87.6. The molecule has 0 amide bonds. The molecular formula is C90H145N25O16P5S+. The quantitative estimate of drug-likeness (QED) is 0.00635. The predicted octanol–water partition coefficient (Wildman–Crippen LogP) is 7.56. The van der Waals surface area contributed by atoms with Gasteiger partial charge in [-0.1, -0.05) is 67.2 Å². The van der Waals surface area contributed by atoms with Crippen molar-refractivity contribution < 1.29 is 84.1 Å². The number of nitrogens with two attached hydrogens (primary N) is 3. The van der Waals surface area contributed by atoms with Crippen LogP contribution in [0.2, 0.25) is 0 Å². The molecule has 0 spiro atoms. The van der Waals surface area contributed by atoms with Crippen molar-refractivity contribution in [3.8, 4) is 6.01 Å². The molecule has 18 N–H and O–H groups in total. The highest BCUT2D eigenvalue weighted by Crippen LogP contribution is 2.47. The number of imidazole rings is 4. The number of aromatic nitrogens is 18. The van der Waals surface area contributed by atoms with Crippen LogP contribution in [0, 0.1) is 13.8 Å². The van der Waals surface area contributed by atoms with Crippen LogP contribution < -0.4 is 32.6 Å². The summed E-state index contributed by atoms with van der Waals surface area (Å²) in [5.74, 6) is 4.34. The number of nitrogens with zero attached hydrogens (tertiary/aromatic N) is 20. The summed E-state index contributed by atoms with van der Waals surface area (Å²) in [7, 11) is 1.49. The van der Waals surface area contributed by atoms with E-state index in [1.54, 1.807) is 49.3 Å². The number of methoxy groups -OCH3 is 1. The normalized spacial score (nSPS) is 26.3. The van der Waals surface area contributed by atoms with Gasteiger partial charge in [0.15, 0.2) is 93.4 Å². The molecule has 19 atom stereocenters. The van der Waals surface area contributed by atoms with Gasteiger partial charge in [-0.05, 0) is 188 Å². The second-order valence-corrected chi connectivity index (χ2v) is 61.4. The number of unbranched alkanes of at least 4 members (excludes halogenated alkanes) is 1. The van der Waals surface area contributed by atoms with E-state index in [0.717, 1.165) is 62.9 Å². The zero-order chi connectivity index (χ0) is 101. The summed E-state index contributed by atoms with van der Waals surface area (Å²) in [6.45, 7) is 30.4. The van der Waals surface area contributed by atoms with E-state index in [-0.39, 0.29) is 23.5 Å². The second kappa shape index (κ2) is 46.4. The molecule has 0 aliphatic carbocycles. The first kappa shape index (κ1) is 109. The van der Waals surface area contributed by atoms with Crippen LogP contribution in [0.1, 0.15) is 135 Å². The van der Waals surface area contributed by atoms with Crippen LogP contribution in [0.25, 0.3) is 44.7 Å². The van der Waals surface area contributed by atoms with Gasteiger partial charge in [0.25, 0.3) is 11.6 Å². The maximum absolute atomic E-state index is 10.7. The minimum atomic E-state index is -1.27. The number of aliphatic hydroxyl groups excluding tert-OH is 10. The fraction of sp³-hybridized carbons (Fsp3) is 0.611. The minimum absolute atomic E-state index is 0.168. The summed E-state index contributed by atoms with van der Waals surface area (Å²) >= 11 is 1.43. The van der Waals surface area contributed by atoms with E-state index in [2.05, 4.69) is 230 Å². The molecule has 0 aromatic carbocycles. The average Bonchev–Trinajstić information content (AvgIpc) is 1.64. The Morgan fingerprint density at radius 3 is 1.19 bits per heavy atom. The molecule has 15 rings (SSSR count). The fourth-order valence-electron chi connectivity index (χ4n) is 15.8. The maximum Gasteiger partial charge on any atom is 0.397 e. The summed E-state index contributed by atoms with van der Waals surface area (Å²) in [6, 6.07) is 0.168. The Morgan fingerprint density at radius 1 is 0.467 bits per heavy atom. The summed E-state index contributed by atoms with van der Waals surface area (Å²) in [5, 5.41) is 112. The number of nitrogen functional groups attached to an aromatic ring is 3. The Morgan fingerprint density at radius 2 is 0.825 bits per heavy atom. The average molecular weight is 2020 g/mol. The molecule has 6 aliphatic rings. The molecule has 0 radical (unpaired) electrons. The SMILES string of the molecule is C=P(C)(C)CC[C@H]1OC(=[N+]2C=Nc3c(NC/C=C(/C)CC)nc(OC)nc32)[C@H](O)[C@@H]1O.C=P(C)(C)CC[C@H]1OC(n2cnc3c(N)nc(C)nc32)[C@H](O)[C@@H]1O.C=P(C)(C)CC[C@H]1OC(n2cnc3c(N)nc(C)nc32)[C@H](O)[C@@H]1O.C=P(C)(C)CC[C@H]1OC(n2cnc3c(N)nc(CCCC)nc32)[C@H](O)[C@@H]1O.C=P(C)(C)CC[C@H]1OC(n2cnc3c(NC/C=C(/C)CC)nc(SC)nc32)[C@H](O)[C@@H]1O. The lowest BCUT2D eigenvalue weighted by Crippen LogP contribution is -2.33. The van der Waals surface area contributed by atoms with Crippen molar-refractivity contribution in [2.45, 2.75) is 234 Å². The molecule has 756 valence electrons. The van der Waals surface area contributed by atoms with Gasteiger partial charge in [0, 0.05) is 19.5 Å². The number of hydrogen-bond acceptors (Lipinski definition) is 37. The summed E-state index contributed by atoms with van der Waals surface area (Å²) in [6.07, 6.45) is 31.5. The summed E-state index contributed by atoms with van der Waals surface area (Å²) in [4.78, 5) is 65.3. The second-order valence-electron chi connectivity index (χ2n) is 39.1. The van der Waals surface area contributed by atoms with Gasteiger partial charge in [-0.25, -0.2) is 59.8 Å².